The minimum Gasteiger partial charge on any atom is -0.370 e. The van der Waals surface area contributed by atoms with Crippen LogP contribution in [0.1, 0.15) is 29.8 Å². The van der Waals surface area contributed by atoms with Crippen LogP contribution in [0.15, 0.2) is 42.6 Å². The van der Waals surface area contributed by atoms with Gasteiger partial charge < -0.3 is 10.2 Å². The number of carbonyl (C=O) groups excluding carboxylic acids is 1. The van der Waals surface area contributed by atoms with Crippen molar-refractivity contribution >= 4 is 28.9 Å². The Hall–Kier alpha value is -2.07. The van der Waals surface area contributed by atoms with Crippen LogP contribution in [0.2, 0.25) is 5.02 Å². The van der Waals surface area contributed by atoms with Crippen LogP contribution in [-0.2, 0) is 0 Å². The SMILES string of the molecule is O=C(Nc1ccc(Cl)cc1)c1ccc(N2CCCCC2)cn1. The molecule has 0 saturated carbocycles. The van der Waals surface area contributed by atoms with Crippen LogP contribution < -0.4 is 10.2 Å². The predicted molar refractivity (Wildman–Crippen MR) is 89.7 cm³/mol. The van der Waals surface area contributed by atoms with E-state index in [4.69, 9.17) is 11.6 Å². The molecule has 1 saturated heterocycles. The largest absolute Gasteiger partial charge is 0.370 e. The molecule has 0 bridgehead atoms. The summed E-state index contributed by atoms with van der Waals surface area (Å²) in [7, 11) is 0. The van der Waals surface area contributed by atoms with Gasteiger partial charge in [0.25, 0.3) is 5.91 Å². The molecule has 3 rings (SSSR count). The van der Waals surface area contributed by atoms with Gasteiger partial charge in [0, 0.05) is 23.8 Å². The van der Waals surface area contributed by atoms with E-state index in [0.29, 0.717) is 16.4 Å². The minimum atomic E-state index is -0.215. The Kier molecular flexibility index (Phi) is 4.59. The standard InChI is InChI=1S/C17H18ClN3O/c18-13-4-6-14(7-5-13)20-17(22)16-9-8-15(12-19-16)21-10-2-1-3-11-21/h4-9,12H,1-3,10-11H2,(H,20,22). The summed E-state index contributed by atoms with van der Waals surface area (Å²) in [6.07, 6.45) is 5.52. The molecule has 2 heterocycles. The van der Waals surface area contributed by atoms with Crippen molar-refractivity contribution in [1.82, 2.24) is 4.98 Å². The minimum absolute atomic E-state index is 0.215. The zero-order chi connectivity index (χ0) is 15.4. The Labute approximate surface area is 135 Å². The summed E-state index contributed by atoms with van der Waals surface area (Å²) in [5.74, 6) is -0.215. The molecule has 1 aliphatic heterocycles. The number of amides is 1. The second-order valence-electron chi connectivity index (χ2n) is 5.41. The molecule has 1 aliphatic rings. The van der Waals surface area contributed by atoms with Crippen molar-refractivity contribution in [3.8, 4) is 0 Å². The van der Waals surface area contributed by atoms with Gasteiger partial charge in [0.15, 0.2) is 0 Å². The summed E-state index contributed by atoms with van der Waals surface area (Å²) in [5.41, 5.74) is 2.20. The van der Waals surface area contributed by atoms with Crippen molar-refractivity contribution in [2.75, 3.05) is 23.3 Å². The molecule has 114 valence electrons. The van der Waals surface area contributed by atoms with Crippen molar-refractivity contribution in [1.29, 1.82) is 0 Å². The molecule has 1 N–H and O–H groups in total. The summed E-state index contributed by atoms with van der Waals surface area (Å²) in [4.78, 5) is 18.8. The van der Waals surface area contributed by atoms with E-state index >= 15 is 0 Å². The van der Waals surface area contributed by atoms with E-state index in [9.17, 15) is 4.79 Å². The third kappa shape index (κ3) is 3.57. The molecule has 22 heavy (non-hydrogen) atoms. The Morgan fingerprint density at radius 3 is 2.41 bits per heavy atom. The first-order valence-electron chi connectivity index (χ1n) is 7.50. The highest BCUT2D eigenvalue weighted by Gasteiger charge is 2.13. The second kappa shape index (κ2) is 6.79. The Balaban J connectivity index is 1.66. The lowest BCUT2D eigenvalue weighted by molar-refractivity contribution is 0.102. The highest BCUT2D eigenvalue weighted by Crippen LogP contribution is 2.19. The van der Waals surface area contributed by atoms with Crippen LogP contribution in [0, 0.1) is 0 Å². The zero-order valence-electron chi connectivity index (χ0n) is 12.3. The summed E-state index contributed by atoms with van der Waals surface area (Å²) in [6, 6.07) is 10.8. The monoisotopic (exact) mass is 315 g/mol. The first-order valence-corrected chi connectivity index (χ1v) is 7.88. The maximum atomic E-state index is 12.2. The summed E-state index contributed by atoms with van der Waals surface area (Å²) in [6.45, 7) is 2.13. The maximum absolute atomic E-state index is 12.2. The van der Waals surface area contributed by atoms with Gasteiger partial charge in [-0.05, 0) is 55.7 Å². The lowest BCUT2D eigenvalue weighted by Crippen LogP contribution is -2.29. The van der Waals surface area contributed by atoms with E-state index in [2.05, 4.69) is 15.2 Å². The van der Waals surface area contributed by atoms with Gasteiger partial charge >= 0.3 is 0 Å². The number of halogens is 1. The molecule has 4 nitrogen and oxygen atoms in total. The number of aromatic nitrogens is 1. The highest BCUT2D eigenvalue weighted by molar-refractivity contribution is 6.30. The molecule has 2 aromatic rings. The number of anilines is 2. The van der Waals surface area contributed by atoms with E-state index in [1.54, 1.807) is 36.5 Å². The number of piperidine rings is 1. The average molecular weight is 316 g/mol. The summed E-state index contributed by atoms with van der Waals surface area (Å²) in [5, 5.41) is 3.45. The first kappa shape index (κ1) is 14.9. The van der Waals surface area contributed by atoms with Crippen molar-refractivity contribution in [3.05, 3.63) is 53.3 Å². The molecule has 1 aromatic carbocycles. The smallest absolute Gasteiger partial charge is 0.274 e. The van der Waals surface area contributed by atoms with E-state index in [-0.39, 0.29) is 5.91 Å². The van der Waals surface area contributed by atoms with Gasteiger partial charge in [-0.15, -0.1) is 0 Å². The van der Waals surface area contributed by atoms with Gasteiger partial charge in [0.05, 0.1) is 11.9 Å². The van der Waals surface area contributed by atoms with Gasteiger partial charge in [0.2, 0.25) is 0 Å². The third-order valence-electron chi connectivity index (χ3n) is 3.80. The third-order valence-corrected chi connectivity index (χ3v) is 4.06. The molecule has 1 amide bonds. The molecule has 0 radical (unpaired) electrons. The number of rotatable bonds is 3. The van der Waals surface area contributed by atoms with E-state index in [1.165, 1.54) is 19.3 Å². The second-order valence-corrected chi connectivity index (χ2v) is 5.85. The van der Waals surface area contributed by atoms with Crippen LogP contribution >= 0.6 is 11.6 Å². The number of pyridine rings is 1. The number of carbonyl (C=O) groups is 1. The number of hydrogen-bond acceptors (Lipinski definition) is 3. The van der Waals surface area contributed by atoms with Gasteiger partial charge in [-0.25, -0.2) is 4.98 Å². The average Bonchev–Trinajstić information content (AvgIpc) is 2.58. The molecule has 5 heteroatoms. The molecular weight excluding hydrogens is 298 g/mol. The van der Waals surface area contributed by atoms with E-state index in [1.807, 2.05) is 6.07 Å². The molecule has 0 atom stereocenters. The Bertz CT molecular complexity index is 634. The van der Waals surface area contributed by atoms with Crippen molar-refractivity contribution in [2.24, 2.45) is 0 Å². The Morgan fingerprint density at radius 2 is 1.77 bits per heavy atom. The number of hydrogen-bond donors (Lipinski definition) is 1. The van der Waals surface area contributed by atoms with Gasteiger partial charge in [-0.2, -0.15) is 0 Å². The van der Waals surface area contributed by atoms with Crippen molar-refractivity contribution in [3.63, 3.8) is 0 Å². The van der Waals surface area contributed by atoms with Crippen LogP contribution in [0.3, 0.4) is 0 Å². The maximum Gasteiger partial charge on any atom is 0.274 e. The molecular formula is C17H18ClN3O. The summed E-state index contributed by atoms with van der Waals surface area (Å²) >= 11 is 5.83. The normalized spacial score (nSPS) is 14.7. The van der Waals surface area contributed by atoms with Gasteiger partial charge in [-0.3, -0.25) is 4.79 Å². The van der Waals surface area contributed by atoms with Crippen LogP contribution in [0.25, 0.3) is 0 Å². The topological polar surface area (TPSA) is 45.2 Å². The molecule has 1 aromatic heterocycles. The molecule has 0 spiro atoms. The predicted octanol–water partition coefficient (Wildman–Crippen LogP) is 3.98. The molecule has 0 aliphatic carbocycles. The van der Waals surface area contributed by atoms with Gasteiger partial charge in [-0.1, -0.05) is 11.6 Å². The number of nitrogens with one attached hydrogen (secondary N) is 1. The van der Waals surface area contributed by atoms with Crippen molar-refractivity contribution < 1.29 is 4.79 Å². The van der Waals surface area contributed by atoms with E-state index < -0.39 is 0 Å². The zero-order valence-corrected chi connectivity index (χ0v) is 13.0. The quantitative estimate of drug-likeness (QED) is 0.932. The summed E-state index contributed by atoms with van der Waals surface area (Å²) < 4.78 is 0. The van der Waals surface area contributed by atoms with Crippen molar-refractivity contribution in [2.45, 2.75) is 19.3 Å². The van der Waals surface area contributed by atoms with Gasteiger partial charge in [0.1, 0.15) is 5.69 Å². The van der Waals surface area contributed by atoms with E-state index in [0.717, 1.165) is 18.8 Å². The fourth-order valence-corrected chi connectivity index (χ4v) is 2.71. The van der Waals surface area contributed by atoms with Crippen LogP contribution in [0.4, 0.5) is 11.4 Å². The lowest BCUT2D eigenvalue weighted by Gasteiger charge is -2.28. The number of nitrogens with zero attached hydrogens (tertiary/aromatic N) is 2. The fourth-order valence-electron chi connectivity index (χ4n) is 2.59. The molecule has 0 unspecified atom stereocenters. The molecule has 1 fully saturated rings. The number of benzene rings is 1. The first-order chi connectivity index (χ1) is 10.7. The Morgan fingerprint density at radius 1 is 1.05 bits per heavy atom. The lowest BCUT2D eigenvalue weighted by atomic mass is 10.1. The van der Waals surface area contributed by atoms with Crippen LogP contribution in [0.5, 0.6) is 0 Å². The highest BCUT2D eigenvalue weighted by atomic mass is 35.5. The van der Waals surface area contributed by atoms with Crippen LogP contribution in [-0.4, -0.2) is 24.0 Å². The fraction of sp³-hybridized carbons (Fsp3) is 0.294.